The molecule has 0 radical (unpaired) electrons. The van der Waals surface area contributed by atoms with Crippen molar-refractivity contribution in [1.29, 1.82) is 0 Å². The van der Waals surface area contributed by atoms with E-state index in [1.165, 1.54) is 4.90 Å². The molecule has 0 saturated carbocycles. The van der Waals surface area contributed by atoms with Gasteiger partial charge in [0.15, 0.2) is 0 Å². The van der Waals surface area contributed by atoms with Crippen LogP contribution in [0.15, 0.2) is 24.3 Å². The highest BCUT2D eigenvalue weighted by Crippen LogP contribution is 2.28. The van der Waals surface area contributed by atoms with Gasteiger partial charge >= 0.3 is 0 Å². The lowest BCUT2D eigenvalue weighted by Gasteiger charge is -2.25. The summed E-state index contributed by atoms with van der Waals surface area (Å²) >= 11 is 0. The van der Waals surface area contributed by atoms with Crippen LogP contribution in [0.2, 0.25) is 0 Å². The lowest BCUT2D eigenvalue weighted by atomic mass is 10.1. The number of hydrogen-bond donors (Lipinski definition) is 2. The largest absolute Gasteiger partial charge is 0.399 e. The molecule has 6 heteroatoms. The van der Waals surface area contributed by atoms with Crippen LogP contribution in [0.25, 0.3) is 10.9 Å². The van der Waals surface area contributed by atoms with Crippen molar-refractivity contribution in [2.45, 2.75) is 13.3 Å². The number of benzene rings is 1. The van der Waals surface area contributed by atoms with Crippen LogP contribution in [-0.2, 0) is 0 Å². The van der Waals surface area contributed by atoms with E-state index in [1.54, 1.807) is 31.2 Å². The van der Waals surface area contributed by atoms with Gasteiger partial charge in [-0.15, -0.1) is 0 Å². The second kappa shape index (κ2) is 6.00. The second-order valence-electron chi connectivity index (χ2n) is 4.62. The first kappa shape index (κ1) is 14.5. The number of alkyl halides is 2. The average molecular weight is 281 g/mol. The van der Waals surface area contributed by atoms with E-state index in [0.717, 1.165) is 5.69 Å². The Bertz CT molecular complexity index is 604. The molecule has 3 N–H and O–H groups in total. The predicted octanol–water partition coefficient (Wildman–Crippen LogP) is 2.19. The number of nitrogens with zero attached hydrogens (tertiary/aromatic N) is 2. The highest BCUT2D eigenvalue weighted by Gasteiger charge is 2.16. The zero-order valence-corrected chi connectivity index (χ0v) is 11.2. The van der Waals surface area contributed by atoms with Gasteiger partial charge in [0.2, 0.25) is 0 Å². The molecule has 0 bridgehead atoms. The molecule has 0 atom stereocenters. The standard InChI is InChI=1S/C14H17F2N3O/c1-9-6-13(19(4-5-20)8-14(15)16)11-7-10(17)2-3-12(11)18-9/h2-3,6-7,14,20H,4-5,8,17H2,1H3. The maximum Gasteiger partial charge on any atom is 0.255 e. The Morgan fingerprint density at radius 2 is 2.10 bits per heavy atom. The summed E-state index contributed by atoms with van der Waals surface area (Å²) in [7, 11) is 0. The summed E-state index contributed by atoms with van der Waals surface area (Å²) in [6, 6.07) is 6.94. The van der Waals surface area contributed by atoms with Gasteiger partial charge in [-0.05, 0) is 31.2 Å². The molecule has 0 aliphatic heterocycles. The van der Waals surface area contributed by atoms with Crippen LogP contribution in [0.5, 0.6) is 0 Å². The molecular weight excluding hydrogens is 264 g/mol. The highest BCUT2D eigenvalue weighted by atomic mass is 19.3. The lowest BCUT2D eigenvalue weighted by molar-refractivity contribution is 0.153. The molecule has 0 aliphatic rings. The number of halogens is 2. The third-order valence-corrected chi connectivity index (χ3v) is 3.01. The van der Waals surface area contributed by atoms with Crippen molar-refractivity contribution in [2.24, 2.45) is 0 Å². The van der Waals surface area contributed by atoms with E-state index in [2.05, 4.69) is 4.98 Å². The van der Waals surface area contributed by atoms with Crippen molar-refractivity contribution in [3.63, 3.8) is 0 Å². The van der Waals surface area contributed by atoms with Crippen molar-refractivity contribution in [3.8, 4) is 0 Å². The summed E-state index contributed by atoms with van der Waals surface area (Å²) in [5.41, 5.74) is 8.36. The minimum Gasteiger partial charge on any atom is -0.399 e. The van der Waals surface area contributed by atoms with E-state index in [1.807, 2.05) is 0 Å². The number of fused-ring (bicyclic) bond motifs is 1. The molecule has 0 aliphatic carbocycles. The molecule has 4 nitrogen and oxygen atoms in total. The number of hydrogen-bond acceptors (Lipinski definition) is 4. The second-order valence-corrected chi connectivity index (χ2v) is 4.62. The maximum absolute atomic E-state index is 12.7. The molecule has 0 unspecified atom stereocenters. The Labute approximate surface area is 115 Å². The Hall–Kier alpha value is -1.95. The first-order valence-electron chi connectivity index (χ1n) is 6.32. The number of nitrogens with two attached hydrogens (primary N) is 1. The minimum atomic E-state index is -2.48. The van der Waals surface area contributed by atoms with Crippen molar-refractivity contribution in [2.75, 3.05) is 30.3 Å². The van der Waals surface area contributed by atoms with Crippen molar-refractivity contribution >= 4 is 22.3 Å². The third kappa shape index (κ3) is 3.14. The van der Waals surface area contributed by atoms with Crippen molar-refractivity contribution in [3.05, 3.63) is 30.0 Å². The summed E-state index contributed by atoms with van der Waals surface area (Å²) in [5, 5.41) is 9.79. The number of pyridine rings is 1. The van der Waals surface area contributed by atoms with Gasteiger partial charge in [-0.3, -0.25) is 4.98 Å². The van der Waals surface area contributed by atoms with Crippen LogP contribution in [0, 0.1) is 6.92 Å². The van der Waals surface area contributed by atoms with E-state index in [0.29, 0.717) is 22.3 Å². The van der Waals surface area contributed by atoms with Crippen LogP contribution in [-0.4, -0.2) is 36.2 Å². The fourth-order valence-electron chi connectivity index (χ4n) is 2.21. The fourth-order valence-corrected chi connectivity index (χ4v) is 2.21. The summed E-state index contributed by atoms with van der Waals surface area (Å²) in [6.45, 7) is 1.31. The molecular formula is C14H17F2N3O. The average Bonchev–Trinajstić information content (AvgIpc) is 2.37. The van der Waals surface area contributed by atoms with Crippen LogP contribution < -0.4 is 10.6 Å². The molecule has 1 heterocycles. The topological polar surface area (TPSA) is 62.4 Å². The minimum absolute atomic E-state index is 0.137. The van der Waals surface area contributed by atoms with E-state index < -0.39 is 13.0 Å². The van der Waals surface area contributed by atoms with E-state index in [-0.39, 0.29) is 13.2 Å². The molecule has 1 aromatic carbocycles. The molecule has 0 spiro atoms. The lowest BCUT2D eigenvalue weighted by Crippen LogP contribution is -2.31. The molecule has 1 aromatic heterocycles. The van der Waals surface area contributed by atoms with Gasteiger partial charge in [-0.2, -0.15) is 0 Å². The van der Waals surface area contributed by atoms with Crippen molar-refractivity contribution in [1.82, 2.24) is 4.98 Å². The monoisotopic (exact) mass is 281 g/mol. The van der Waals surface area contributed by atoms with Gasteiger partial charge in [0.05, 0.1) is 18.7 Å². The quantitative estimate of drug-likeness (QED) is 0.825. The molecule has 0 fully saturated rings. The first-order chi connectivity index (χ1) is 9.51. The zero-order chi connectivity index (χ0) is 14.7. The Kier molecular flexibility index (Phi) is 4.34. The van der Waals surface area contributed by atoms with E-state index in [4.69, 9.17) is 10.8 Å². The van der Waals surface area contributed by atoms with E-state index in [9.17, 15) is 8.78 Å². The first-order valence-corrected chi connectivity index (χ1v) is 6.32. The SMILES string of the molecule is Cc1cc(N(CCO)CC(F)F)c2cc(N)ccc2n1. The number of anilines is 2. The number of aryl methyl sites for hydroxylation is 1. The molecule has 0 saturated heterocycles. The Balaban J connectivity index is 2.56. The molecule has 0 amide bonds. The number of nitrogen functional groups attached to an aromatic ring is 1. The summed E-state index contributed by atoms with van der Waals surface area (Å²) in [6.07, 6.45) is -2.48. The third-order valence-electron chi connectivity index (χ3n) is 3.01. The normalized spacial score (nSPS) is 11.2. The van der Waals surface area contributed by atoms with Crippen molar-refractivity contribution < 1.29 is 13.9 Å². The van der Waals surface area contributed by atoms with E-state index >= 15 is 0 Å². The Morgan fingerprint density at radius 1 is 1.35 bits per heavy atom. The van der Waals surface area contributed by atoms with Gasteiger partial charge in [-0.1, -0.05) is 0 Å². The van der Waals surface area contributed by atoms with Gasteiger partial charge in [-0.25, -0.2) is 8.78 Å². The summed E-state index contributed by atoms with van der Waals surface area (Å²) < 4.78 is 25.4. The number of rotatable bonds is 5. The fraction of sp³-hybridized carbons (Fsp3) is 0.357. The summed E-state index contributed by atoms with van der Waals surface area (Å²) in [5.74, 6) is 0. The number of aliphatic hydroxyl groups is 1. The van der Waals surface area contributed by atoms with Gasteiger partial charge in [0, 0.05) is 29.0 Å². The Morgan fingerprint density at radius 3 is 2.75 bits per heavy atom. The molecule has 2 rings (SSSR count). The van der Waals surface area contributed by atoms with Gasteiger partial charge in [0.25, 0.3) is 6.43 Å². The van der Waals surface area contributed by atoms with Crippen LogP contribution in [0.4, 0.5) is 20.2 Å². The molecule has 2 aromatic rings. The van der Waals surface area contributed by atoms with Gasteiger partial charge in [0.1, 0.15) is 0 Å². The molecule has 20 heavy (non-hydrogen) atoms. The highest BCUT2D eigenvalue weighted by molar-refractivity contribution is 5.94. The smallest absolute Gasteiger partial charge is 0.255 e. The molecule has 108 valence electrons. The maximum atomic E-state index is 12.7. The van der Waals surface area contributed by atoms with Gasteiger partial charge < -0.3 is 15.7 Å². The number of aromatic nitrogens is 1. The van der Waals surface area contributed by atoms with Crippen LogP contribution in [0.1, 0.15) is 5.69 Å². The zero-order valence-electron chi connectivity index (χ0n) is 11.2. The van der Waals surface area contributed by atoms with Crippen LogP contribution >= 0.6 is 0 Å². The predicted molar refractivity (Wildman–Crippen MR) is 76.2 cm³/mol. The number of aliphatic hydroxyl groups excluding tert-OH is 1. The van der Waals surface area contributed by atoms with Crippen LogP contribution in [0.3, 0.4) is 0 Å². The summed E-state index contributed by atoms with van der Waals surface area (Å²) in [4.78, 5) is 5.83.